The summed E-state index contributed by atoms with van der Waals surface area (Å²) < 4.78 is 11.7. The van der Waals surface area contributed by atoms with Gasteiger partial charge in [0.1, 0.15) is 0 Å². The molecule has 3 atom stereocenters. The number of hydrogen-bond acceptors (Lipinski definition) is 2. The average Bonchev–Trinajstić information content (AvgIpc) is 2.13. The summed E-state index contributed by atoms with van der Waals surface area (Å²) in [6.45, 7) is 9.37. The standard InChI is InChI=1S/C10H23NOS/c1-5-8-13(12)9(4)10(6-2)11-7-3/h9-11H,5-8H2,1-4H3. The van der Waals surface area contributed by atoms with Crippen LogP contribution in [0.15, 0.2) is 0 Å². The first-order chi connectivity index (χ1) is 6.17. The molecule has 3 unspecified atom stereocenters. The lowest BCUT2D eigenvalue weighted by molar-refractivity contribution is 0.500. The molecule has 0 heterocycles. The lowest BCUT2D eigenvalue weighted by Gasteiger charge is -2.22. The highest BCUT2D eigenvalue weighted by Gasteiger charge is 2.19. The van der Waals surface area contributed by atoms with Gasteiger partial charge in [-0.2, -0.15) is 0 Å². The zero-order valence-electron chi connectivity index (χ0n) is 9.30. The SMILES string of the molecule is CCCS(=O)C(C)C(CC)NCC. The van der Waals surface area contributed by atoms with Crippen LogP contribution in [0, 0.1) is 0 Å². The van der Waals surface area contributed by atoms with E-state index >= 15 is 0 Å². The van der Waals surface area contributed by atoms with Crippen molar-refractivity contribution < 1.29 is 4.21 Å². The number of rotatable bonds is 7. The number of hydrogen-bond donors (Lipinski definition) is 1. The van der Waals surface area contributed by atoms with Gasteiger partial charge >= 0.3 is 0 Å². The predicted molar refractivity (Wildman–Crippen MR) is 60.5 cm³/mol. The normalized spacial score (nSPS) is 18.2. The maximum atomic E-state index is 11.7. The Kier molecular flexibility index (Phi) is 7.57. The van der Waals surface area contributed by atoms with E-state index < -0.39 is 10.8 Å². The summed E-state index contributed by atoms with van der Waals surface area (Å²) >= 11 is 0. The first-order valence-corrected chi connectivity index (χ1v) is 6.66. The van der Waals surface area contributed by atoms with E-state index in [0.717, 1.165) is 25.1 Å². The molecule has 0 fully saturated rings. The van der Waals surface area contributed by atoms with Crippen LogP contribution in [0.4, 0.5) is 0 Å². The molecule has 13 heavy (non-hydrogen) atoms. The first kappa shape index (κ1) is 13.1. The second-order valence-corrected chi connectivity index (χ2v) is 5.28. The molecule has 0 radical (unpaired) electrons. The Morgan fingerprint density at radius 2 is 1.92 bits per heavy atom. The van der Waals surface area contributed by atoms with Crippen molar-refractivity contribution in [2.75, 3.05) is 12.3 Å². The van der Waals surface area contributed by atoms with Crippen molar-refractivity contribution in [3.63, 3.8) is 0 Å². The summed E-state index contributed by atoms with van der Waals surface area (Å²) in [5, 5.41) is 3.66. The van der Waals surface area contributed by atoms with E-state index in [9.17, 15) is 4.21 Å². The van der Waals surface area contributed by atoms with Gasteiger partial charge in [-0.15, -0.1) is 0 Å². The molecular weight excluding hydrogens is 182 g/mol. The second kappa shape index (κ2) is 7.51. The van der Waals surface area contributed by atoms with Gasteiger partial charge in [-0.1, -0.05) is 20.8 Å². The van der Waals surface area contributed by atoms with Crippen molar-refractivity contribution in [3.05, 3.63) is 0 Å². The molecule has 0 aliphatic carbocycles. The van der Waals surface area contributed by atoms with Crippen molar-refractivity contribution in [2.24, 2.45) is 0 Å². The summed E-state index contributed by atoms with van der Waals surface area (Å²) in [6, 6.07) is 0.414. The monoisotopic (exact) mass is 205 g/mol. The predicted octanol–water partition coefficient (Wildman–Crippen LogP) is 1.92. The van der Waals surface area contributed by atoms with Gasteiger partial charge in [0.2, 0.25) is 0 Å². The van der Waals surface area contributed by atoms with Gasteiger partial charge in [0, 0.05) is 27.8 Å². The fourth-order valence-corrected chi connectivity index (χ4v) is 2.90. The molecule has 0 aromatic rings. The van der Waals surface area contributed by atoms with Crippen molar-refractivity contribution in [2.45, 2.75) is 51.8 Å². The molecule has 2 nitrogen and oxygen atoms in total. The first-order valence-electron chi connectivity index (χ1n) is 5.27. The summed E-state index contributed by atoms with van der Waals surface area (Å²) in [4.78, 5) is 0. The number of nitrogens with one attached hydrogen (secondary N) is 1. The van der Waals surface area contributed by atoms with Gasteiger partial charge in [0.05, 0.1) is 0 Å². The highest BCUT2D eigenvalue weighted by atomic mass is 32.2. The maximum Gasteiger partial charge on any atom is 0.0472 e. The molecule has 1 N–H and O–H groups in total. The third-order valence-electron chi connectivity index (χ3n) is 2.29. The van der Waals surface area contributed by atoms with E-state index in [2.05, 4.69) is 33.0 Å². The Morgan fingerprint density at radius 1 is 1.31 bits per heavy atom. The molecule has 0 rings (SSSR count). The summed E-state index contributed by atoms with van der Waals surface area (Å²) in [6.07, 6.45) is 2.07. The minimum atomic E-state index is -0.659. The van der Waals surface area contributed by atoms with E-state index in [-0.39, 0.29) is 5.25 Å². The van der Waals surface area contributed by atoms with Crippen molar-refractivity contribution in [1.29, 1.82) is 0 Å². The minimum Gasteiger partial charge on any atom is -0.313 e. The smallest absolute Gasteiger partial charge is 0.0472 e. The Morgan fingerprint density at radius 3 is 2.31 bits per heavy atom. The molecule has 0 aromatic carbocycles. The molecular formula is C10H23NOS. The van der Waals surface area contributed by atoms with Crippen molar-refractivity contribution in [1.82, 2.24) is 5.32 Å². The van der Waals surface area contributed by atoms with Crippen molar-refractivity contribution in [3.8, 4) is 0 Å². The Bertz CT molecular complexity index is 150. The molecule has 0 spiro atoms. The van der Waals surface area contributed by atoms with Crippen LogP contribution in [-0.2, 0) is 10.8 Å². The summed E-state index contributed by atoms with van der Waals surface area (Å²) in [5.74, 6) is 0.836. The lowest BCUT2D eigenvalue weighted by Crippen LogP contribution is -2.40. The van der Waals surface area contributed by atoms with E-state index in [0.29, 0.717) is 6.04 Å². The fourth-order valence-electron chi connectivity index (χ4n) is 1.47. The second-order valence-electron chi connectivity index (χ2n) is 3.36. The minimum absolute atomic E-state index is 0.282. The zero-order valence-corrected chi connectivity index (χ0v) is 10.1. The quantitative estimate of drug-likeness (QED) is 0.688. The largest absolute Gasteiger partial charge is 0.313 e. The van der Waals surface area contributed by atoms with Gasteiger partial charge in [0.25, 0.3) is 0 Å². The lowest BCUT2D eigenvalue weighted by atomic mass is 10.2. The molecule has 0 aliphatic rings. The maximum absolute atomic E-state index is 11.7. The molecule has 80 valence electrons. The third kappa shape index (κ3) is 4.77. The Labute approximate surface area is 84.9 Å². The van der Waals surface area contributed by atoms with Crippen LogP contribution in [0.2, 0.25) is 0 Å². The van der Waals surface area contributed by atoms with E-state index in [1.165, 1.54) is 0 Å². The topological polar surface area (TPSA) is 29.1 Å². The molecule has 0 saturated carbocycles. The molecule has 3 heteroatoms. The molecule has 0 saturated heterocycles. The van der Waals surface area contributed by atoms with E-state index in [1.54, 1.807) is 0 Å². The highest BCUT2D eigenvalue weighted by Crippen LogP contribution is 2.07. The Balaban J connectivity index is 4.02. The average molecular weight is 205 g/mol. The van der Waals surface area contributed by atoms with Crippen LogP contribution in [0.3, 0.4) is 0 Å². The summed E-state index contributed by atoms with van der Waals surface area (Å²) in [5.41, 5.74) is 0. The Hall–Kier alpha value is 0.110. The molecule has 0 aromatic heterocycles. The third-order valence-corrected chi connectivity index (χ3v) is 4.26. The van der Waals surface area contributed by atoms with Crippen LogP contribution in [-0.4, -0.2) is 27.8 Å². The van der Waals surface area contributed by atoms with Crippen LogP contribution < -0.4 is 5.32 Å². The van der Waals surface area contributed by atoms with E-state index in [4.69, 9.17) is 0 Å². The molecule has 0 aliphatic heterocycles. The highest BCUT2D eigenvalue weighted by molar-refractivity contribution is 7.85. The van der Waals surface area contributed by atoms with Crippen LogP contribution >= 0.6 is 0 Å². The van der Waals surface area contributed by atoms with Gasteiger partial charge in [-0.3, -0.25) is 4.21 Å². The van der Waals surface area contributed by atoms with E-state index in [1.807, 2.05) is 0 Å². The van der Waals surface area contributed by atoms with Crippen LogP contribution in [0.1, 0.15) is 40.5 Å². The zero-order chi connectivity index (χ0) is 10.3. The van der Waals surface area contributed by atoms with Gasteiger partial charge in [0.15, 0.2) is 0 Å². The van der Waals surface area contributed by atoms with Crippen LogP contribution in [0.5, 0.6) is 0 Å². The fraction of sp³-hybridized carbons (Fsp3) is 1.00. The van der Waals surface area contributed by atoms with Gasteiger partial charge in [-0.05, 0) is 26.3 Å². The van der Waals surface area contributed by atoms with Gasteiger partial charge in [-0.25, -0.2) is 0 Å². The van der Waals surface area contributed by atoms with Crippen molar-refractivity contribution >= 4 is 10.8 Å². The van der Waals surface area contributed by atoms with Crippen LogP contribution in [0.25, 0.3) is 0 Å². The molecule has 0 bridgehead atoms. The molecule has 0 amide bonds. The summed E-state index contributed by atoms with van der Waals surface area (Å²) in [7, 11) is -0.659. The van der Waals surface area contributed by atoms with Gasteiger partial charge < -0.3 is 5.32 Å².